The Balaban J connectivity index is 1.87. The van der Waals surface area contributed by atoms with E-state index in [0.29, 0.717) is 23.8 Å². The molecule has 5 heteroatoms. The van der Waals surface area contributed by atoms with E-state index in [2.05, 4.69) is 5.32 Å². The molecule has 4 nitrogen and oxygen atoms in total. The summed E-state index contributed by atoms with van der Waals surface area (Å²) in [5.41, 5.74) is 1.07. The van der Waals surface area contributed by atoms with E-state index in [1.54, 1.807) is 24.3 Å². The molecule has 2 aromatic carbocycles. The van der Waals surface area contributed by atoms with Gasteiger partial charge in [-0.3, -0.25) is 4.79 Å². The Kier molecular flexibility index (Phi) is 7.14. The second-order valence-corrected chi connectivity index (χ2v) is 6.39. The lowest BCUT2D eigenvalue weighted by molar-refractivity contribution is -0.128. The van der Waals surface area contributed by atoms with Crippen LogP contribution in [0.5, 0.6) is 11.5 Å². The summed E-state index contributed by atoms with van der Waals surface area (Å²) < 4.78 is 11.5. The molecule has 134 valence electrons. The van der Waals surface area contributed by atoms with E-state index < -0.39 is 6.10 Å². The first kappa shape index (κ1) is 19.1. The van der Waals surface area contributed by atoms with Gasteiger partial charge in [0.05, 0.1) is 6.04 Å². The van der Waals surface area contributed by atoms with Crippen molar-refractivity contribution in [3.63, 3.8) is 0 Å². The average Bonchev–Trinajstić information content (AvgIpc) is 2.59. The van der Waals surface area contributed by atoms with Crippen LogP contribution in [0, 0.1) is 6.92 Å². The van der Waals surface area contributed by atoms with E-state index in [-0.39, 0.29) is 11.9 Å². The molecule has 25 heavy (non-hydrogen) atoms. The van der Waals surface area contributed by atoms with Crippen LogP contribution in [-0.2, 0) is 4.79 Å². The van der Waals surface area contributed by atoms with Crippen LogP contribution in [-0.4, -0.2) is 24.7 Å². The van der Waals surface area contributed by atoms with E-state index in [1.807, 2.05) is 45.0 Å². The van der Waals surface area contributed by atoms with Gasteiger partial charge in [-0.2, -0.15) is 0 Å². The number of ether oxygens (including phenoxy) is 2. The number of hydrogen-bond donors (Lipinski definition) is 1. The van der Waals surface area contributed by atoms with Crippen LogP contribution in [0.15, 0.2) is 48.5 Å². The topological polar surface area (TPSA) is 47.6 Å². The maximum absolute atomic E-state index is 12.4. The summed E-state index contributed by atoms with van der Waals surface area (Å²) in [6.45, 7) is 6.19. The second-order valence-electron chi connectivity index (χ2n) is 5.96. The Morgan fingerprint density at radius 1 is 1.20 bits per heavy atom. The fraction of sp³-hybridized carbons (Fsp3) is 0.350. The van der Waals surface area contributed by atoms with Gasteiger partial charge in [-0.05, 0) is 50.1 Å². The number of amides is 1. The molecule has 0 aliphatic carbocycles. The van der Waals surface area contributed by atoms with Gasteiger partial charge < -0.3 is 14.8 Å². The van der Waals surface area contributed by atoms with Crippen LogP contribution in [0.25, 0.3) is 0 Å². The molecule has 0 spiro atoms. The van der Waals surface area contributed by atoms with Gasteiger partial charge in [-0.25, -0.2) is 0 Å². The smallest absolute Gasteiger partial charge is 0.261 e. The van der Waals surface area contributed by atoms with E-state index >= 15 is 0 Å². The van der Waals surface area contributed by atoms with Gasteiger partial charge in [0.2, 0.25) is 0 Å². The molecule has 1 N–H and O–H groups in total. The molecule has 0 aliphatic heterocycles. The van der Waals surface area contributed by atoms with Crippen LogP contribution in [0.1, 0.15) is 25.8 Å². The minimum absolute atomic E-state index is 0.135. The van der Waals surface area contributed by atoms with Crippen molar-refractivity contribution in [1.82, 2.24) is 5.32 Å². The lowest BCUT2D eigenvalue weighted by Gasteiger charge is -2.21. The number of para-hydroxylation sites is 1. The quantitative estimate of drug-likeness (QED) is 0.758. The van der Waals surface area contributed by atoms with E-state index in [1.165, 1.54) is 0 Å². The van der Waals surface area contributed by atoms with Crippen molar-refractivity contribution in [1.29, 1.82) is 0 Å². The van der Waals surface area contributed by atoms with Gasteiger partial charge in [0, 0.05) is 5.02 Å². The number of hydrogen-bond acceptors (Lipinski definition) is 3. The highest BCUT2D eigenvalue weighted by molar-refractivity contribution is 6.30. The molecule has 0 saturated heterocycles. The zero-order valence-electron chi connectivity index (χ0n) is 14.8. The highest BCUT2D eigenvalue weighted by atomic mass is 35.5. The van der Waals surface area contributed by atoms with Crippen LogP contribution >= 0.6 is 11.6 Å². The van der Waals surface area contributed by atoms with Gasteiger partial charge in [0.25, 0.3) is 5.91 Å². The summed E-state index contributed by atoms with van der Waals surface area (Å²) in [5, 5.41) is 3.51. The third-order valence-electron chi connectivity index (χ3n) is 3.71. The number of carbonyl (C=O) groups excluding carboxylic acids is 1. The van der Waals surface area contributed by atoms with Crippen LogP contribution in [0.2, 0.25) is 5.02 Å². The fourth-order valence-electron chi connectivity index (χ4n) is 2.34. The SMILES string of the molecule is CC[C@H](Oc1cccc(Cl)c1)C(=O)N[C@@H](C)COc1ccccc1C. The summed E-state index contributed by atoms with van der Waals surface area (Å²) in [6, 6.07) is 14.7. The number of nitrogens with one attached hydrogen (secondary N) is 1. The van der Waals surface area contributed by atoms with E-state index in [0.717, 1.165) is 11.3 Å². The van der Waals surface area contributed by atoms with E-state index in [9.17, 15) is 4.79 Å². The highest BCUT2D eigenvalue weighted by Gasteiger charge is 2.20. The molecule has 0 heterocycles. The minimum Gasteiger partial charge on any atom is -0.491 e. The van der Waals surface area contributed by atoms with Crippen molar-refractivity contribution in [3.8, 4) is 11.5 Å². The molecule has 0 radical (unpaired) electrons. The second kappa shape index (κ2) is 9.33. The number of halogens is 1. The molecule has 0 saturated carbocycles. The number of benzene rings is 2. The Morgan fingerprint density at radius 2 is 1.96 bits per heavy atom. The third kappa shape index (κ3) is 5.98. The molecule has 0 aromatic heterocycles. The standard InChI is InChI=1S/C20H24ClNO3/c1-4-18(25-17-10-7-9-16(21)12-17)20(23)22-15(3)13-24-19-11-6-5-8-14(19)2/h5-12,15,18H,4,13H2,1-3H3,(H,22,23)/t15-,18-/m0/s1. The van der Waals surface area contributed by atoms with Gasteiger partial charge in [-0.1, -0.05) is 42.8 Å². The molecule has 1 amide bonds. The zero-order valence-corrected chi connectivity index (χ0v) is 15.5. The fourth-order valence-corrected chi connectivity index (χ4v) is 2.52. The predicted octanol–water partition coefficient (Wildman–Crippen LogP) is 4.39. The number of carbonyl (C=O) groups is 1. The maximum atomic E-state index is 12.4. The van der Waals surface area contributed by atoms with Gasteiger partial charge >= 0.3 is 0 Å². The minimum atomic E-state index is -0.570. The molecular weight excluding hydrogens is 338 g/mol. The predicted molar refractivity (Wildman–Crippen MR) is 100 cm³/mol. The first-order valence-electron chi connectivity index (χ1n) is 8.40. The van der Waals surface area contributed by atoms with Crippen molar-refractivity contribution in [2.24, 2.45) is 0 Å². The van der Waals surface area contributed by atoms with Gasteiger partial charge in [-0.15, -0.1) is 0 Å². The molecule has 0 bridgehead atoms. The van der Waals surface area contributed by atoms with Crippen molar-refractivity contribution in [2.45, 2.75) is 39.3 Å². The summed E-state index contributed by atoms with van der Waals surface area (Å²) in [7, 11) is 0. The molecule has 2 atom stereocenters. The normalized spacial score (nSPS) is 13.0. The van der Waals surface area contributed by atoms with Crippen LogP contribution in [0.4, 0.5) is 0 Å². The van der Waals surface area contributed by atoms with Gasteiger partial charge in [0.15, 0.2) is 6.10 Å². The summed E-state index contributed by atoms with van der Waals surface area (Å²) in [6.07, 6.45) is -0.0108. The molecule has 2 rings (SSSR count). The van der Waals surface area contributed by atoms with Crippen LogP contribution in [0.3, 0.4) is 0 Å². The van der Waals surface area contributed by atoms with Crippen molar-refractivity contribution in [3.05, 3.63) is 59.1 Å². The first-order valence-corrected chi connectivity index (χ1v) is 8.78. The van der Waals surface area contributed by atoms with Crippen molar-refractivity contribution in [2.75, 3.05) is 6.61 Å². The first-order chi connectivity index (χ1) is 12.0. The number of aryl methyl sites for hydroxylation is 1. The molecular formula is C20H24ClNO3. The highest BCUT2D eigenvalue weighted by Crippen LogP contribution is 2.19. The third-order valence-corrected chi connectivity index (χ3v) is 3.94. The zero-order chi connectivity index (χ0) is 18.2. The van der Waals surface area contributed by atoms with Crippen molar-refractivity contribution < 1.29 is 14.3 Å². The molecule has 0 unspecified atom stereocenters. The maximum Gasteiger partial charge on any atom is 0.261 e. The lowest BCUT2D eigenvalue weighted by Crippen LogP contribution is -2.44. The van der Waals surface area contributed by atoms with Crippen LogP contribution < -0.4 is 14.8 Å². The average molecular weight is 362 g/mol. The van der Waals surface area contributed by atoms with Crippen molar-refractivity contribution >= 4 is 17.5 Å². The Bertz CT molecular complexity index is 705. The Morgan fingerprint density at radius 3 is 2.64 bits per heavy atom. The summed E-state index contributed by atoms with van der Waals surface area (Å²) >= 11 is 5.95. The molecule has 0 fully saturated rings. The Labute approximate surface area is 154 Å². The van der Waals surface area contributed by atoms with E-state index in [4.69, 9.17) is 21.1 Å². The number of rotatable bonds is 8. The molecule has 2 aromatic rings. The largest absolute Gasteiger partial charge is 0.491 e. The van der Waals surface area contributed by atoms with Gasteiger partial charge in [0.1, 0.15) is 18.1 Å². The lowest BCUT2D eigenvalue weighted by atomic mass is 10.2. The molecule has 0 aliphatic rings. The summed E-state index contributed by atoms with van der Waals surface area (Å²) in [5.74, 6) is 1.24. The monoisotopic (exact) mass is 361 g/mol. The summed E-state index contributed by atoms with van der Waals surface area (Å²) in [4.78, 5) is 12.4. The Hall–Kier alpha value is -2.20.